The molecule has 0 spiro atoms. The van der Waals surface area contributed by atoms with Gasteiger partial charge in [0.25, 0.3) is 0 Å². The van der Waals surface area contributed by atoms with Crippen LogP contribution in [0.25, 0.3) is 6.08 Å². The summed E-state index contributed by atoms with van der Waals surface area (Å²) in [6.45, 7) is 6.84. The number of nitrogens with one attached hydrogen (secondary N) is 1. The lowest BCUT2D eigenvalue weighted by Crippen LogP contribution is -2.41. The van der Waals surface area contributed by atoms with Crippen LogP contribution in [0.1, 0.15) is 55.7 Å². The quantitative estimate of drug-likeness (QED) is 0.537. The van der Waals surface area contributed by atoms with Gasteiger partial charge in [0.1, 0.15) is 6.04 Å². The molecule has 1 unspecified atom stereocenters. The van der Waals surface area contributed by atoms with Crippen LogP contribution < -0.4 is 9.62 Å². The monoisotopic (exact) mass is 551 g/mol. The predicted molar refractivity (Wildman–Crippen MR) is 143 cm³/mol. The fraction of sp³-hybridized carbons (Fsp3) is 0.440. The molecule has 1 aromatic carbocycles. The Morgan fingerprint density at radius 2 is 1.97 bits per heavy atom. The lowest BCUT2D eigenvalue weighted by molar-refractivity contribution is -0.118. The Morgan fingerprint density at radius 3 is 2.61 bits per heavy atom. The zero-order valence-electron chi connectivity index (χ0n) is 20.4. The van der Waals surface area contributed by atoms with Crippen LogP contribution in [0.2, 0.25) is 4.34 Å². The number of hydrogen-bond donors (Lipinski definition) is 2. The van der Waals surface area contributed by atoms with Crippen molar-refractivity contribution in [3.8, 4) is 0 Å². The van der Waals surface area contributed by atoms with Crippen LogP contribution in [0.5, 0.6) is 0 Å². The molecule has 0 saturated carbocycles. The van der Waals surface area contributed by atoms with Gasteiger partial charge in [0, 0.05) is 29.1 Å². The van der Waals surface area contributed by atoms with E-state index in [1.807, 2.05) is 39.0 Å². The number of carbonyl (C=O) groups is 2. The molecule has 3 heterocycles. The van der Waals surface area contributed by atoms with Gasteiger partial charge >= 0.3 is 6.09 Å². The number of halogens is 1. The van der Waals surface area contributed by atoms with Crippen molar-refractivity contribution >= 4 is 56.7 Å². The molecular weight excluding hydrogens is 522 g/mol. The number of hydrogen-bond acceptors (Lipinski definition) is 5. The third kappa shape index (κ3) is 5.77. The standard InChI is InChI=1S/C25H30ClN3O5S2/c1-25(2,3)22-19-15-17(7-6-16(19)5-4-12-29(22)24(31)32)28-13-10-20(23(28)30)27-36(33,34)14-11-18-8-9-21(26)35-18/h6-9,11,14-15,20,22,27H,4-5,10,12-13H2,1-3H3,(H,31,32)/b14-11+/t20-,22?/m0/s1. The second-order valence-electron chi connectivity index (χ2n) is 10.2. The van der Waals surface area contributed by atoms with E-state index < -0.39 is 22.2 Å². The Balaban J connectivity index is 1.56. The molecule has 11 heteroatoms. The molecular formula is C25H30ClN3O5S2. The number of carboxylic acid groups (broad SMARTS) is 1. The fourth-order valence-electron chi connectivity index (χ4n) is 4.97. The van der Waals surface area contributed by atoms with Crippen LogP contribution in [-0.4, -0.2) is 49.6 Å². The Kier molecular flexibility index (Phi) is 7.52. The van der Waals surface area contributed by atoms with Crippen LogP contribution in [0.15, 0.2) is 35.7 Å². The van der Waals surface area contributed by atoms with Gasteiger partial charge in [-0.15, -0.1) is 11.3 Å². The van der Waals surface area contributed by atoms with E-state index in [4.69, 9.17) is 11.6 Å². The van der Waals surface area contributed by atoms with Gasteiger partial charge < -0.3 is 14.9 Å². The number of amides is 2. The minimum absolute atomic E-state index is 0.331. The zero-order valence-corrected chi connectivity index (χ0v) is 22.8. The van der Waals surface area contributed by atoms with Crippen LogP contribution in [-0.2, 0) is 21.2 Å². The largest absolute Gasteiger partial charge is 0.465 e. The van der Waals surface area contributed by atoms with Crippen molar-refractivity contribution in [3.05, 3.63) is 56.1 Å². The molecule has 0 aliphatic carbocycles. The highest BCUT2D eigenvalue weighted by Crippen LogP contribution is 2.43. The summed E-state index contributed by atoms with van der Waals surface area (Å²) in [6, 6.07) is 7.90. The molecule has 0 radical (unpaired) electrons. The first-order valence-corrected chi connectivity index (χ1v) is 14.5. The first-order valence-electron chi connectivity index (χ1n) is 11.8. The summed E-state index contributed by atoms with van der Waals surface area (Å²) in [4.78, 5) is 29.0. The van der Waals surface area contributed by atoms with Crippen molar-refractivity contribution < 1.29 is 23.1 Å². The van der Waals surface area contributed by atoms with E-state index in [0.717, 1.165) is 29.4 Å². The van der Waals surface area contributed by atoms with E-state index in [9.17, 15) is 23.1 Å². The molecule has 2 amide bonds. The first-order chi connectivity index (χ1) is 16.9. The third-order valence-corrected chi connectivity index (χ3v) is 8.78. The molecule has 4 rings (SSSR count). The van der Waals surface area contributed by atoms with E-state index in [1.165, 1.54) is 22.3 Å². The van der Waals surface area contributed by atoms with Gasteiger partial charge in [0.2, 0.25) is 15.9 Å². The average molecular weight is 552 g/mol. The number of nitrogens with zero attached hydrogens (tertiary/aromatic N) is 2. The summed E-state index contributed by atoms with van der Waals surface area (Å²) in [5, 5.41) is 10.9. The summed E-state index contributed by atoms with van der Waals surface area (Å²) in [5.41, 5.74) is 2.26. The average Bonchev–Trinajstić information content (AvgIpc) is 3.29. The Hall–Kier alpha value is -2.40. The first kappa shape index (κ1) is 26.7. The molecule has 2 atom stereocenters. The second kappa shape index (κ2) is 10.2. The highest BCUT2D eigenvalue weighted by molar-refractivity contribution is 7.92. The number of anilines is 1. The smallest absolute Gasteiger partial charge is 0.407 e. The molecule has 0 bridgehead atoms. The minimum atomic E-state index is -3.84. The molecule has 1 saturated heterocycles. The van der Waals surface area contributed by atoms with Gasteiger partial charge in [-0.3, -0.25) is 4.79 Å². The summed E-state index contributed by atoms with van der Waals surface area (Å²) in [6.07, 6.45) is 2.30. The van der Waals surface area contributed by atoms with Gasteiger partial charge in [-0.2, -0.15) is 4.72 Å². The van der Waals surface area contributed by atoms with Crippen molar-refractivity contribution in [3.63, 3.8) is 0 Å². The fourth-order valence-corrected chi connectivity index (χ4v) is 7.04. The van der Waals surface area contributed by atoms with E-state index in [0.29, 0.717) is 34.4 Å². The van der Waals surface area contributed by atoms with Crippen molar-refractivity contribution in [2.75, 3.05) is 18.0 Å². The van der Waals surface area contributed by atoms with Gasteiger partial charge in [0.15, 0.2) is 0 Å². The van der Waals surface area contributed by atoms with Gasteiger partial charge in [0.05, 0.1) is 10.4 Å². The number of thiophene rings is 1. The van der Waals surface area contributed by atoms with Gasteiger partial charge in [-0.1, -0.05) is 38.4 Å². The predicted octanol–water partition coefficient (Wildman–Crippen LogP) is 5.11. The van der Waals surface area contributed by atoms with Crippen LogP contribution in [0.4, 0.5) is 10.5 Å². The SMILES string of the molecule is CC(C)(C)C1c2cc(N3CC[C@H](NS(=O)(=O)/C=C/c4ccc(Cl)s4)C3=O)ccc2CCCN1C(=O)O. The number of benzene rings is 1. The maximum Gasteiger partial charge on any atom is 0.407 e. The Morgan fingerprint density at radius 1 is 1.22 bits per heavy atom. The van der Waals surface area contributed by atoms with Crippen molar-refractivity contribution in [2.24, 2.45) is 5.41 Å². The van der Waals surface area contributed by atoms with E-state index in [-0.39, 0.29) is 17.4 Å². The normalized spacial score (nSPS) is 21.2. The number of sulfonamides is 1. The summed E-state index contributed by atoms with van der Waals surface area (Å²) in [7, 11) is -3.84. The second-order valence-corrected chi connectivity index (χ2v) is 13.5. The topological polar surface area (TPSA) is 107 Å². The third-order valence-electron chi connectivity index (χ3n) is 6.48. The molecule has 2 aromatic rings. The van der Waals surface area contributed by atoms with E-state index in [2.05, 4.69) is 4.72 Å². The number of aryl methyl sites for hydroxylation is 1. The Labute approximate surface area is 220 Å². The van der Waals surface area contributed by atoms with Crippen molar-refractivity contribution in [2.45, 2.75) is 52.1 Å². The molecule has 1 fully saturated rings. The highest BCUT2D eigenvalue weighted by atomic mass is 35.5. The van der Waals surface area contributed by atoms with Crippen molar-refractivity contribution in [1.29, 1.82) is 0 Å². The van der Waals surface area contributed by atoms with Crippen LogP contribution in [0, 0.1) is 5.41 Å². The zero-order chi connectivity index (χ0) is 26.3. The van der Waals surface area contributed by atoms with E-state index in [1.54, 1.807) is 17.0 Å². The molecule has 1 aromatic heterocycles. The van der Waals surface area contributed by atoms with Crippen molar-refractivity contribution in [1.82, 2.24) is 9.62 Å². The highest BCUT2D eigenvalue weighted by Gasteiger charge is 2.39. The number of fused-ring (bicyclic) bond motifs is 1. The molecule has 2 aliphatic rings. The van der Waals surface area contributed by atoms with Gasteiger partial charge in [-0.05, 0) is 66.1 Å². The lowest BCUT2D eigenvalue weighted by Gasteiger charge is -2.39. The summed E-state index contributed by atoms with van der Waals surface area (Å²) >= 11 is 7.15. The van der Waals surface area contributed by atoms with Crippen LogP contribution >= 0.6 is 22.9 Å². The van der Waals surface area contributed by atoms with Crippen LogP contribution in [0.3, 0.4) is 0 Å². The Bertz CT molecular complexity index is 1300. The number of rotatable bonds is 5. The molecule has 2 aliphatic heterocycles. The summed E-state index contributed by atoms with van der Waals surface area (Å²) < 4.78 is 28.2. The molecule has 194 valence electrons. The molecule has 8 nitrogen and oxygen atoms in total. The van der Waals surface area contributed by atoms with E-state index >= 15 is 0 Å². The maximum absolute atomic E-state index is 13.2. The molecule has 2 N–H and O–H groups in total. The van der Waals surface area contributed by atoms with Gasteiger partial charge in [-0.25, -0.2) is 13.2 Å². The maximum atomic E-state index is 13.2. The molecule has 36 heavy (non-hydrogen) atoms. The number of carbonyl (C=O) groups excluding carboxylic acids is 1. The summed E-state index contributed by atoms with van der Waals surface area (Å²) in [5.74, 6) is -0.331. The minimum Gasteiger partial charge on any atom is -0.465 e. The lowest BCUT2D eigenvalue weighted by atomic mass is 9.80.